The van der Waals surface area contributed by atoms with Crippen molar-refractivity contribution < 1.29 is 4.42 Å². The van der Waals surface area contributed by atoms with Gasteiger partial charge in [-0.1, -0.05) is 115 Å². The minimum atomic E-state index is 0.907. The topological polar surface area (TPSA) is 23.0 Å². The molecule has 0 aliphatic heterocycles. The van der Waals surface area contributed by atoms with Crippen LogP contribution in [0.25, 0.3) is 110 Å². The standard InChI is InChI=1S/C52H32N2O/c1-2-13-38(14-3-1)53-48-26-22-35(30-44(48)45-31-36(23-27-49(45)53)37-21-25-42-41-17-7-9-20-51(41)55-52(42)32-37)34-24-28-50-43(29-34)40-16-6-8-18-47(40)54(50)46-19-10-12-33-11-4-5-15-39(33)46/h1-32H. The van der Waals surface area contributed by atoms with E-state index in [4.69, 9.17) is 4.42 Å². The van der Waals surface area contributed by atoms with E-state index in [-0.39, 0.29) is 0 Å². The summed E-state index contributed by atoms with van der Waals surface area (Å²) < 4.78 is 11.1. The first-order chi connectivity index (χ1) is 27.3. The Hall–Kier alpha value is -7.36. The van der Waals surface area contributed by atoms with E-state index in [0.717, 1.165) is 38.8 Å². The van der Waals surface area contributed by atoms with E-state index < -0.39 is 0 Å². The predicted octanol–water partition coefficient (Wildman–Crippen LogP) is 14.3. The van der Waals surface area contributed by atoms with Crippen LogP contribution in [-0.2, 0) is 0 Å². The van der Waals surface area contributed by atoms with Gasteiger partial charge in [0, 0.05) is 43.4 Å². The molecule has 0 radical (unpaired) electrons. The molecular weight excluding hydrogens is 669 g/mol. The molecular formula is C52H32N2O. The molecule has 3 nitrogen and oxygen atoms in total. The summed E-state index contributed by atoms with van der Waals surface area (Å²) in [6.45, 7) is 0. The molecule has 0 unspecified atom stereocenters. The lowest BCUT2D eigenvalue weighted by atomic mass is 9.99. The van der Waals surface area contributed by atoms with Gasteiger partial charge < -0.3 is 13.6 Å². The lowest BCUT2D eigenvalue weighted by Gasteiger charge is -2.12. The van der Waals surface area contributed by atoms with Crippen molar-refractivity contribution in [2.45, 2.75) is 0 Å². The second-order valence-corrected chi connectivity index (χ2v) is 14.5. The van der Waals surface area contributed by atoms with Crippen LogP contribution < -0.4 is 0 Å². The van der Waals surface area contributed by atoms with Crippen molar-refractivity contribution >= 4 is 76.3 Å². The van der Waals surface area contributed by atoms with Crippen LogP contribution in [0, 0.1) is 0 Å². The Morgan fingerprint density at radius 2 is 0.800 bits per heavy atom. The number of hydrogen-bond acceptors (Lipinski definition) is 1. The SMILES string of the molecule is c1ccc(-n2c3ccc(-c4ccc5c(c4)oc4ccccc45)cc3c3cc(-c4ccc5c(c4)c4ccccc4n5-c4cccc5ccccc45)ccc32)cc1. The van der Waals surface area contributed by atoms with Gasteiger partial charge in [-0.2, -0.15) is 0 Å². The number of nitrogens with zero attached hydrogens (tertiary/aromatic N) is 2. The van der Waals surface area contributed by atoms with Crippen molar-refractivity contribution in [1.29, 1.82) is 0 Å². The van der Waals surface area contributed by atoms with E-state index in [1.165, 1.54) is 71.2 Å². The zero-order valence-corrected chi connectivity index (χ0v) is 29.8. The van der Waals surface area contributed by atoms with Crippen molar-refractivity contribution in [1.82, 2.24) is 9.13 Å². The normalized spacial score (nSPS) is 12.0. The Kier molecular flexibility index (Phi) is 6.34. The Balaban J connectivity index is 1.06. The molecule has 55 heavy (non-hydrogen) atoms. The monoisotopic (exact) mass is 700 g/mol. The molecule has 3 heterocycles. The van der Waals surface area contributed by atoms with E-state index in [1.807, 2.05) is 12.1 Å². The van der Waals surface area contributed by atoms with Crippen molar-refractivity contribution in [2.75, 3.05) is 0 Å². The second kappa shape index (κ2) is 11.6. The Morgan fingerprint density at radius 3 is 1.55 bits per heavy atom. The van der Waals surface area contributed by atoms with Gasteiger partial charge >= 0.3 is 0 Å². The highest BCUT2D eigenvalue weighted by atomic mass is 16.3. The summed E-state index contributed by atoms with van der Waals surface area (Å²) in [5.74, 6) is 0. The number of aromatic nitrogens is 2. The first-order valence-corrected chi connectivity index (χ1v) is 18.8. The smallest absolute Gasteiger partial charge is 0.136 e. The fourth-order valence-corrected chi connectivity index (χ4v) is 8.96. The van der Waals surface area contributed by atoms with E-state index >= 15 is 0 Å². The maximum atomic E-state index is 6.30. The Labute approximate surface area is 316 Å². The fourth-order valence-electron chi connectivity index (χ4n) is 8.96. The molecule has 0 saturated carbocycles. The molecule has 3 aromatic heterocycles. The molecule has 0 saturated heterocycles. The quantitative estimate of drug-likeness (QED) is 0.179. The van der Waals surface area contributed by atoms with Crippen LogP contribution in [0.15, 0.2) is 199 Å². The van der Waals surface area contributed by atoms with E-state index in [1.54, 1.807) is 0 Å². The van der Waals surface area contributed by atoms with Crippen LogP contribution in [0.3, 0.4) is 0 Å². The predicted molar refractivity (Wildman–Crippen MR) is 231 cm³/mol. The van der Waals surface area contributed by atoms with Gasteiger partial charge in [0.25, 0.3) is 0 Å². The molecule has 12 rings (SSSR count). The van der Waals surface area contributed by atoms with Crippen molar-refractivity contribution in [2.24, 2.45) is 0 Å². The second-order valence-electron chi connectivity index (χ2n) is 14.5. The van der Waals surface area contributed by atoms with Gasteiger partial charge in [0.05, 0.1) is 27.8 Å². The van der Waals surface area contributed by atoms with Crippen LogP contribution in [0.5, 0.6) is 0 Å². The fraction of sp³-hybridized carbons (Fsp3) is 0. The van der Waals surface area contributed by atoms with E-state index in [2.05, 4.69) is 191 Å². The van der Waals surface area contributed by atoms with Gasteiger partial charge in [0.2, 0.25) is 0 Å². The number of benzene rings is 9. The number of rotatable bonds is 4. The molecule has 0 N–H and O–H groups in total. The first-order valence-electron chi connectivity index (χ1n) is 18.8. The molecule has 3 heteroatoms. The van der Waals surface area contributed by atoms with Crippen LogP contribution in [0.1, 0.15) is 0 Å². The lowest BCUT2D eigenvalue weighted by Crippen LogP contribution is -1.95. The number of furan rings is 1. The van der Waals surface area contributed by atoms with Gasteiger partial charge in [-0.05, 0) is 107 Å². The van der Waals surface area contributed by atoms with Gasteiger partial charge in [0.15, 0.2) is 0 Å². The number of para-hydroxylation sites is 3. The molecule has 256 valence electrons. The third kappa shape index (κ3) is 4.50. The number of hydrogen-bond donors (Lipinski definition) is 0. The molecule has 12 aromatic rings. The third-order valence-corrected chi connectivity index (χ3v) is 11.5. The third-order valence-electron chi connectivity index (χ3n) is 11.5. The van der Waals surface area contributed by atoms with Crippen molar-refractivity contribution in [3.63, 3.8) is 0 Å². The molecule has 9 aromatic carbocycles. The van der Waals surface area contributed by atoms with E-state index in [0.29, 0.717) is 0 Å². The van der Waals surface area contributed by atoms with Gasteiger partial charge in [-0.25, -0.2) is 0 Å². The molecule has 0 spiro atoms. The van der Waals surface area contributed by atoms with Crippen molar-refractivity contribution in [3.05, 3.63) is 194 Å². The van der Waals surface area contributed by atoms with Crippen molar-refractivity contribution in [3.8, 4) is 33.6 Å². The lowest BCUT2D eigenvalue weighted by molar-refractivity contribution is 0.669. The maximum absolute atomic E-state index is 6.30. The summed E-state index contributed by atoms with van der Waals surface area (Å²) in [4.78, 5) is 0. The van der Waals surface area contributed by atoms with Gasteiger partial charge in [0.1, 0.15) is 11.2 Å². The highest BCUT2D eigenvalue weighted by Gasteiger charge is 2.18. The summed E-state index contributed by atoms with van der Waals surface area (Å²) in [5, 5.41) is 9.71. The molecule has 0 aliphatic carbocycles. The highest BCUT2D eigenvalue weighted by Crippen LogP contribution is 2.41. The Morgan fingerprint density at radius 1 is 0.291 bits per heavy atom. The zero-order chi connectivity index (χ0) is 36.0. The highest BCUT2D eigenvalue weighted by molar-refractivity contribution is 6.14. The van der Waals surface area contributed by atoms with E-state index in [9.17, 15) is 0 Å². The van der Waals surface area contributed by atoms with Gasteiger partial charge in [-0.15, -0.1) is 0 Å². The van der Waals surface area contributed by atoms with Crippen LogP contribution in [0.4, 0.5) is 0 Å². The minimum Gasteiger partial charge on any atom is -0.456 e. The average molecular weight is 701 g/mol. The summed E-state index contributed by atoms with van der Waals surface area (Å²) in [5.41, 5.74) is 13.6. The molecule has 0 bridgehead atoms. The summed E-state index contributed by atoms with van der Waals surface area (Å²) >= 11 is 0. The summed E-state index contributed by atoms with van der Waals surface area (Å²) in [7, 11) is 0. The molecule has 0 fully saturated rings. The molecule has 0 amide bonds. The van der Waals surface area contributed by atoms with Crippen LogP contribution in [0.2, 0.25) is 0 Å². The largest absolute Gasteiger partial charge is 0.456 e. The zero-order valence-electron chi connectivity index (χ0n) is 29.8. The van der Waals surface area contributed by atoms with Gasteiger partial charge in [-0.3, -0.25) is 0 Å². The average Bonchev–Trinajstić information content (AvgIpc) is 3.90. The maximum Gasteiger partial charge on any atom is 0.136 e. The Bertz CT molecular complexity index is 3480. The summed E-state index contributed by atoms with van der Waals surface area (Å²) in [6.07, 6.45) is 0. The molecule has 0 aliphatic rings. The molecule has 0 atom stereocenters. The van der Waals surface area contributed by atoms with Crippen LogP contribution in [-0.4, -0.2) is 9.13 Å². The minimum absolute atomic E-state index is 0.907. The summed E-state index contributed by atoms with van der Waals surface area (Å²) in [6, 6.07) is 70.4. The first kappa shape index (κ1) is 30.1. The number of fused-ring (bicyclic) bond motifs is 10. The van der Waals surface area contributed by atoms with Crippen LogP contribution >= 0.6 is 0 Å².